The topological polar surface area (TPSA) is 33.2 Å². The Morgan fingerprint density at radius 3 is 2.21 bits per heavy atom. The number of benzene rings is 1. The largest absolute Gasteiger partial charge is 0.383 e. The summed E-state index contributed by atoms with van der Waals surface area (Å²) in [5, 5.41) is 0. The zero-order chi connectivity index (χ0) is 13.7. The van der Waals surface area contributed by atoms with Crippen LogP contribution in [0.3, 0.4) is 0 Å². The average molecular weight is 252 g/mol. The van der Waals surface area contributed by atoms with E-state index in [1.165, 1.54) is 0 Å². The van der Waals surface area contributed by atoms with Crippen molar-refractivity contribution in [3.63, 3.8) is 0 Å². The van der Waals surface area contributed by atoms with Crippen LogP contribution in [-0.4, -0.2) is 29.8 Å². The lowest BCUT2D eigenvalue weighted by atomic mass is 9.98. The quantitative estimate of drug-likeness (QED) is 0.619. The Balaban J connectivity index is 2.43. The van der Waals surface area contributed by atoms with E-state index in [-0.39, 0.29) is 5.78 Å². The number of allylic oxidation sites excluding steroid dienone is 1. The number of hydrogen-bond donors (Lipinski definition) is 0. The highest BCUT2D eigenvalue weighted by atomic mass is 16.1. The molecular weight excluding hydrogens is 236 g/mol. The summed E-state index contributed by atoms with van der Waals surface area (Å²) in [5.41, 5.74) is 2.23. The third kappa shape index (κ3) is 3.28. The molecule has 0 unspecified atom stereocenters. The van der Waals surface area contributed by atoms with Crippen molar-refractivity contribution in [2.75, 3.05) is 14.1 Å². The second-order valence-electron chi connectivity index (χ2n) is 4.44. The van der Waals surface area contributed by atoms with Crippen LogP contribution in [0.1, 0.15) is 15.9 Å². The predicted molar refractivity (Wildman–Crippen MR) is 76.7 cm³/mol. The van der Waals surface area contributed by atoms with Gasteiger partial charge in [0.2, 0.25) is 0 Å². The van der Waals surface area contributed by atoms with E-state index in [1.807, 2.05) is 67.7 Å². The van der Waals surface area contributed by atoms with Crippen molar-refractivity contribution in [2.45, 2.75) is 0 Å². The molecule has 0 saturated heterocycles. The molecule has 0 aliphatic carbocycles. The van der Waals surface area contributed by atoms with E-state index in [9.17, 15) is 4.79 Å². The van der Waals surface area contributed by atoms with E-state index in [0.29, 0.717) is 11.1 Å². The van der Waals surface area contributed by atoms with Crippen LogP contribution in [-0.2, 0) is 0 Å². The van der Waals surface area contributed by atoms with Crippen molar-refractivity contribution in [3.05, 3.63) is 72.2 Å². The minimum absolute atomic E-state index is 0.0144. The normalized spacial score (nSPS) is 11.2. The molecule has 0 spiro atoms. The molecule has 0 amide bonds. The van der Waals surface area contributed by atoms with Crippen molar-refractivity contribution in [2.24, 2.45) is 0 Å². The lowest BCUT2D eigenvalue weighted by molar-refractivity contribution is 0.105. The number of carbonyl (C=O) groups is 1. The number of carbonyl (C=O) groups excluding carboxylic acids is 1. The Hall–Kier alpha value is -2.42. The van der Waals surface area contributed by atoms with Crippen molar-refractivity contribution in [1.82, 2.24) is 9.88 Å². The first-order valence-corrected chi connectivity index (χ1v) is 6.07. The van der Waals surface area contributed by atoms with Gasteiger partial charge in [0.05, 0.1) is 0 Å². The van der Waals surface area contributed by atoms with Crippen LogP contribution in [0.5, 0.6) is 0 Å². The molecular formula is C16H16N2O. The molecule has 0 fully saturated rings. The number of pyridine rings is 1. The predicted octanol–water partition coefficient (Wildman–Crippen LogP) is 2.87. The van der Waals surface area contributed by atoms with E-state index in [4.69, 9.17) is 0 Å². The molecule has 0 atom stereocenters. The maximum Gasteiger partial charge on any atom is 0.195 e. The summed E-state index contributed by atoms with van der Waals surface area (Å²) in [4.78, 5) is 18.4. The Labute approximate surface area is 113 Å². The van der Waals surface area contributed by atoms with Gasteiger partial charge in [-0.1, -0.05) is 30.3 Å². The second-order valence-corrected chi connectivity index (χ2v) is 4.44. The maximum absolute atomic E-state index is 12.6. The molecule has 0 saturated carbocycles. The molecule has 96 valence electrons. The molecule has 1 heterocycles. The third-order valence-corrected chi connectivity index (χ3v) is 2.66. The number of rotatable bonds is 4. The first-order valence-electron chi connectivity index (χ1n) is 6.07. The zero-order valence-electron chi connectivity index (χ0n) is 11.1. The van der Waals surface area contributed by atoms with Crippen LogP contribution in [0.25, 0.3) is 5.57 Å². The molecule has 2 aromatic rings. The van der Waals surface area contributed by atoms with E-state index in [1.54, 1.807) is 12.4 Å². The van der Waals surface area contributed by atoms with Gasteiger partial charge in [0.1, 0.15) is 0 Å². The Bertz CT molecular complexity index is 574. The Kier molecular flexibility index (Phi) is 4.08. The van der Waals surface area contributed by atoms with E-state index in [2.05, 4.69) is 4.98 Å². The molecule has 0 N–H and O–H groups in total. The highest BCUT2D eigenvalue weighted by Crippen LogP contribution is 2.19. The summed E-state index contributed by atoms with van der Waals surface area (Å²) >= 11 is 0. The fourth-order valence-corrected chi connectivity index (χ4v) is 1.80. The number of Topliss-reactive ketones (excluding diaryl/α,β-unsaturated/α-hetero) is 1. The molecule has 0 radical (unpaired) electrons. The number of hydrogen-bond acceptors (Lipinski definition) is 3. The van der Waals surface area contributed by atoms with E-state index >= 15 is 0 Å². The smallest absolute Gasteiger partial charge is 0.195 e. The molecule has 0 aliphatic heterocycles. The van der Waals surface area contributed by atoms with E-state index in [0.717, 1.165) is 5.56 Å². The van der Waals surface area contributed by atoms with Gasteiger partial charge in [-0.2, -0.15) is 0 Å². The standard InChI is InChI=1S/C16H16N2O/c1-18(2)12-15(13-8-10-17-11-9-13)16(19)14-6-4-3-5-7-14/h3-12H,1-2H3. The van der Waals surface area contributed by atoms with Gasteiger partial charge in [0, 0.05) is 43.8 Å². The van der Waals surface area contributed by atoms with Crippen molar-refractivity contribution >= 4 is 11.4 Å². The minimum atomic E-state index is 0.0144. The highest BCUT2D eigenvalue weighted by Gasteiger charge is 2.14. The maximum atomic E-state index is 12.6. The van der Waals surface area contributed by atoms with Gasteiger partial charge in [-0.3, -0.25) is 9.78 Å². The van der Waals surface area contributed by atoms with Crippen LogP contribution in [0, 0.1) is 0 Å². The summed E-state index contributed by atoms with van der Waals surface area (Å²) in [6, 6.07) is 13.0. The van der Waals surface area contributed by atoms with Gasteiger partial charge in [-0.25, -0.2) is 0 Å². The molecule has 1 aromatic carbocycles. The van der Waals surface area contributed by atoms with E-state index < -0.39 is 0 Å². The fourth-order valence-electron chi connectivity index (χ4n) is 1.80. The fraction of sp³-hybridized carbons (Fsp3) is 0.125. The summed E-state index contributed by atoms with van der Waals surface area (Å²) in [5.74, 6) is 0.0144. The lowest BCUT2D eigenvalue weighted by Crippen LogP contribution is -2.09. The molecule has 0 aliphatic rings. The number of aromatic nitrogens is 1. The monoisotopic (exact) mass is 252 g/mol. The number of nitrogens with zero attached hydrogens (tertiary/aromatic N) is 2. The Morgan fingerprint density at radius 1 is 1.00 bits per heavy atom. The number of ketones is 1. The van der Waals surface area contributed by atoms with Crippen LogP contribution in [0.2, 0.25) is 0 Å². The summed E-state index contributed by atoms with van der Waals surface area (Å²) < 4.78 is 0. The van der Waals surface area contributed by atoms with Gasteiger partial charge in [0.15, 0.2) is 5.78 Å². The third-order valence-electron chi connectivity index (χ3n) is 2.66. The summed E-state index contributed by atoms with van der Waals surface area (Å²) in [6.45, 7) is 0. The highest BCUT2D eigenvalue weighted by molar-refractivity contribution is 6.28. The van der Waals surface area contributed by atoms with Gasteiger partial charge in [-0.05, 0) is 17.7 Å². The summed E-state index contributed by atoms with van der Waals surface area (Å²) in [7, 11) is 3.80. The lowest BCUT2D eigenvalue weighted by Gasteiger charge is -2.11. The molecule has 3 heteroatoms. The molecule has 2 rings (SSSR count). The van der Waals surface area contributed by atoms with Crippen molar-refractivity contribution in [3.8, 4) is 0 Å². The van der Waals surface area contributed by atoms with Crippen molar-refractivity contribution in [1.29, 1.82) is 0 Å². The zero-order valence-corrected chi connectivity index (χ0v) is 11.1. The molecule has 0 bridgehead atoms. The van der Waals surface area contributed by atoms with Crippen LogP contribution in [0.4, 0.5) is 0 Å². The summed E-state index contributed by atoms with van der Waals surface area (Å²) in [6.07, 6.45) is 5.22. The first kappa shape index (κ1) is 13.0. The van der Waals surface area contributed by atoms with Crippen LogP contribution in [0.15, 0.2) is 61.1 Å². The SMILES string of the molecule is CN(C)C=C(C(=O)c1ccccc1)c1ccncc1. The average Bonchev–Trinajstić information content (AvgIpc) is 2.46. The minimum Gasteiger partial charge on any atom is -0.383 e. The molecule has 1 aromatic heterocycles. The van der Waals surface area contributed by atoms with Crippen molar-refractivity contribution < 1.29 is 4.79 Å². The van der Waals surface area contributed by atoms with Gasteiger partial charge >= 0.3 is 0 Å². The van der Waals surface area contributed by atoms with Gasteiger partial charge in [-0.15, -0.1) is 0 Å². The van der Waals surface area contributed by atoms with Gasteiger partial charge < -0.3 is 4.90 Å². The van der Waals surface area contributed by atoms with Crippen LogP contribution >= 0.6 is 0 Å². The molecule has 3 nitrogen and oxygen atoms in total. The van der Waals surface area contributed by atoms with Crippen LogP contribution < -0.4 is 0 Å². The second kappa shape index (κ2) is 5.96. The van der Waals surface area contributed by atoms with Gasteiger partial charge in [0.25, 0.3) is 0 Å². The Morgan fingerprint density at radius 2 is 1.63 bits per heavy atom. The molecule has 19 heavy (non-hydrogen) atoms. The first-order chi connectivity index (χ1) is 9.18.